The first-order valence-electron chi connectivity index (χ1n) is 7.29. The van der Waals surface area contributed by atoms with Crippen LogP contribution in [0.5, 0.6) is 0 Å². The molecule has 104 valence electrons. The second-order valence-electron chi connectivity index (χ2n) is 6.40. The lowest BCUT2D eigenvalue weighted by Gasteiger charge is -2.36. The number of rotatable bonds is 6. The van der Waals surface area contributed by atoms with Crippen LogP contribution in [0.1, 0.15) is 59.8 Å². The number of nitrogens with zero attached hydrogens (tertiary/aromatic N) is 2. The molecule has 3 heteroatoms. The topological polar surface area (TPSA) is 39.1 Å². The van der Waals surface area contributed by atoms with Crippen molar-refractivity contribution in [2.24, 2.45) is 0 Å². The van der Waals surface area contributed by atoms with Crippen molar-refractivity contribution in [1.82, 2.24) is 10.2 Å². The van der Waals surface area contributed by atoms with Crippen LogP contribution in [0.3, 0.4) is 0 Å². The first-order valence-corrected chi connectivity index (χ1v) is 7.29. The maximum absolute atomic E-state index is 9.40. The SMILES string of the molecule is CC(C)NC(C)(C#N)CC(C)N(C)C1CCCC1. The van der Waals surface area contributed by atoms with Gasteiger partial charge in [0.2, 0.25) is 0 Å². The Morgan fingerprint density at radius 3 is 2.33 bits per heavy atom. The van der Waals surface area contributed by atoms with E-state index in [0.717, 1.165) is 12.5 Å². The Hall–Kier alpha value is -0.590. The average Bonchev–Trinajstić information content (AvgIpc) is 2.80. The van der Waals surface area contributed by atoms with E-state index in [4.69, 9.17) is 0 Å². The highest BCUT2D eigenvalue weighted by molar-refractivity contribution is 5.06. The van der Waals surface area contributed by atoms with Gasteiger partial charge >= 0.3 is 0 Å². The van der Waals surface area contributed by atoms with E-state index in [0.29, 0.717) is 12.1 Å². The quantitative estimate of drug-likeness (QED) is 0.789. The fourth-order valence-electron chi connectivity index (χ4n) is 3.18. The maximum Gasteiger partial charge on any atom is 0.105 e. The Morgan fingerprint density at radius 1 is 1.33 bits per heavy atom. The van der Waals surface area contributed by atoms with Crippen LogP contribution in [0.2, 0.25) is 0 Å². The molecule has 3 nitrogen and oxygen atoms in total. The fraction of sp³-hybridized carbons (Fsp3) is 0.933. The summed E-state index contributed by atoms with van der Waals surface area (Å²) in [5.74, 6) is 0. The molecule has 1 N–H and O–H groups in total. The lowest BCUT2D eigenvalue weighted by Crippen LogP contribution is -2.50. The molecular formula is C15H29N3. The van der Waals surface area contributed by atoms with Crippen molar-refractivity contribution in [2.75, 3.05) is 7.05 Å². The van der Waals surface area contributed by atoms with Crippen molar-refractivity contribution in [2.45, 2.75) is 83.5 Å². The number of hydrogen-bond acceptors (Lipinski definition) is 3. The van der Waals surface area contributed by atoms with Crippen molar-refractivity contribution in [3.8, 4) is 6.07 Å². The third kappa shape index (κ3) is 4.26. The monoisotopic (exact) mass is 251 g/mol. The molecule has 1 aliphatic carbocycles. The summed E-state index contributed by atoms with van der Waals surface area (Å²) >= 11 is 0. The van der Waals surface area contributed by atoms with E-state index in [1.807, 2.05) is 6.92 Å². The molecule has 1 rings (SSSR count). The standard InChI is InChI=1S/C15H29N3/c1-12(2)17-15(4,11-16)10-13(3)18(5)14-8-6-7-9-14/h12-14,17H,6-10H2,1-5H3. The molecule has 1 aliphatic rings. The van der Waals surface area contributed by atoms with Crippen molar-refractivity contribution in [1.29, 1.82) is 5.26 Å². The van der Waals surface area contributed by atoms with Gasteiger partial charge in [0.05, 0.1) is 6.07 Å². The second-order valence-corrected chi connectivity index (χ2v) is 6.40. The van der Waals surface area contributed by atoms with Gasteiger partial charge in [0, 0.05) is 18.1 Å². The minimum Gasteiger partial charge on any atom is -0.301 e. The van der Waals surface area contributed by atoms with Crippen LogP contribution >= 0.6 is 0 Å². The first-order chi connectivity index (χ1) is 8.38. The first kappa shape index (κ1) is 15.5. The van der Waals surface area contributed by atoms with Crippen molar-refractivity contribution >= 4 is 0 Å². The largest absolute Gasteiger partial charge is 0.301 e. The highest BCUT2D eigenvalue weighted by Crippen LogP contribution is 2.26. The van der Waals surface area contributed by atoms with E-state index >= 15 is 0 Å². The molecule has 0 radical (unpaired) electrons. The Balaban J connectivity index is 2.55. The predicted octanol–water partition coefficient (Wildman–Crippen LogP) is 2.92. The molecule has 0 aromatic heterocycles. The Bertz CT molecular complexity index is 289. The van der Waals surface area contributed by atoms with Crippen LogP contribution < -0.4 is 5.32 Å². The molecule has 0 aromatic rings. The van der Waals surface area contributed by atoms with Gasteiger partial charge < -0.3 is 4.90 Å². The van der Waals surface area contributed by atoms with E-state index in [1.54, 1.807) is 0 Å². The van der Waals surface area contributed by atoms with Gasteiger partial charge in [0.25, 0.3) is 0 Å². The molecule has 0 spiro atoms. The summed E-state index contributed by atoms with van der Waals surface area (Å²) in [4.78, 5) is 2.48. The number of nitrogens with one attached hydrogen (secondary N) is 1. The normalized spacial score (nSPS) is 22.1. The van der Waals surface area contributed by atoms with E-state index in [2.05, 4.69) is 44.1 Å². The van der Waals surface area contributed by atoms with E-state index < -0.39 is 5.54 Å². The molecule has 0 heterocycles. The minimum atomic E-state index is -0.416. The smallest absolute Gasteiger partial charge is 0.105 e. The Morgan fingerprint density at radius 2 is 1.89 bits per heavy atom. The fourth-order valence-corrected chi connectivity index (χ4v) is 3.18. The van der Waals surface area contributed by atoms with Crippen molar-refractivity contribution in [3.05, 3.63) is 0 Å². The minimum absolute atomic E-state index is 0.346. The molecule has 1 saturated carbocycles. The summed E-state index contributed by atoms with van der Waals surface area (Å²) in [6.45, 7) is 8.46. The summed E-state index contributed by atoms with van der Waals surface area (Å²) in [5.41, 5.74) is -0.416. The molecule has 18 heavy (non-hydrogen) atoms. The van der Waals surface area contributed by atoms with Gasteiger partial charge in [-0.1, -0.05) is 12.8 Å². The molecule has 0 aliphatic heterocycles. The lowest BCUT2D eigenvalue weighted by atomic mass is 9.93. The average molecular weight is 251 g/mol. The number of nitriles is 1. The van der Waals surface area contributed by atoms with Gasteiger partial charge in [-0.15, -0.1) is 0 Å². The molecular weight excluding hydrogens is 222 g/mol. The summed E-state index contributed by atoms with van der Waals surface area (Å²) in [5, 5.41) is 12.8. The van der Waals surface area contributed by atoms with Crippen LogP contribution in [0.15, 0.2) is 0 Å². The maximum atomic E-state index is 9.40. The van der Waals surface area contributed by atoms with Gasteiger partial charge in [0.1, 0.15) is 5.54 Å². The molecule has 2 atom stereocenters. The molecule has 0 saturated heterocycles. The van der Waals surface area contributed by atoms with Gasteiger partial charge in [-0.05, 0) is 54.0 Å². The molecule has 0 aromatic carbocycles. The van der Waals surface area contributed by atoms with Crippen LogP contribution in [0.4, 0.5) is 0 Å². The van der Waals surface area contributed by atoms with Gasteiger partial charge in [-0.2, -0.15) is 5.26 Å². The van der Waals surface area contributed by atoms with Crippen LogP contribution in [-0.2, 0) is 0 Å². The second kappa shape index (κ2) is 6.54. The van der Waals surface area contributed by atoms with E-state index in [1.165, 1.54) is 25.7 Å². The third-order valence-electron chi connectivity index (χ3n) is 4.15. The van der Waals surface area contributed by atoms with Crippen LogP contribution in [-0.4, -0.2) is 35.6 Å². The van der Waals surface area contributed by atoms with Crippen molar-refractivity contribution in [3.63, 3.8) is 0 Å². The lowest BCUT2D eigenvalue weighted by molar-refractivity contribution is 0.156. The zero-order chi connectivity index (χ0) is 13.8. The number of hydrogen-bond donors (Lipinski definition) is 1. The van der Waals surface area contributed by atoms with Crippen LogP contribution in [0.25, 0.3) is 0 Å². The zero-order valence-corrected chi connectivity index (χ0v) is 12.7. The van der Waals surface area contributed by atoms with Crippen LogP contribution in [0, 0.1) is 11.3 Å². The molecule has 1 fully saturated rings. The van der Waals surface area contributed by atoms with Crippen molar-refractivity contribution < 1.29 is 0 Å². The summed E-state index contributed by atoms with van der Waals surface area (Å²) in [6.07, 6.45) is 6.25. The van der Waals surface area contributed by atoms with Gasteiger partial charge in [-0.3, -0.25) is 5.32 Å². The third-order valence-corrected chi connectivity index (χ3v) is 4.15. The zero-order valence-electron chi connectivity index (χ0n) is 12.7. The Kier molecular flexibility index (Phi) is 5.62. The summed E-state index contributed by atoms with van der Waals surface area (Å²) in [6, 6.07) is 3.97. The molecule has 2 unspecified atom stereocenters. The van der Waals surface area contributed by atoms with Gasteiger partial charge in [0.15, 0.2) is 0 Å². The Labute approximate surface area is 113 Å². The van der Waals surface area contributed by atoms with E-state index in [9.17, 15) is 5.26 Å². The summed E-state index contributed by atoms with van der Waals surface area (Å²) in [7, 11) is 2.22. The highest BCUT2D eigenvalue weighted by atomic mass is 15.2. The molecule has 0 amide bonds. The van der Waals surface area contributed by atoms with Gasteiger partial charge in [-0.25, -0.2) is 0 Å². The summed E-state index contributed by atoms with van der Waals surface area (Å²) < 4.78 is 0. The predicted molar refractivity (Wildman–Crippen MR) is 76.4 cm³/mol. The van der Waals surface area contributed by atoms with E-state index in [-0.39, 0.29) is 0 Å². The molecule has 0 bridgehead atoms. The highest BCUT2D eigenvalue weighted by Gasteiger charge is 2.31.